The average molecular weight is 412 g/mol. The summed E-state index contributed by atoms with van der Waals surface area (Å²) in [7, 11) is 0. The van der Waals surface area contributed by atoms with Crippen LogP contribution in [0.25, 0.3) is 16.7 Å². The normalized spacial score (nSPS) is 14.8. The van der Waals surface area contributed by atoms with Crippen molar-refractivity contribution in [1.82, 2.24) is 14.9 Å². The molecule has 1 N–H and O–H groups in total. The van der Waals surface area contributed by atoms with Crippen LogP contribution >= 0.6 is 11.8 Å². The minimum absolute atomic E-state index is 0.0344. The number of carbonyl (C=O) groups is 1. The minimum atomic E-state index is 0.0344. The largest absolute Gasteiger partial charge is 0.494 e. The number of thioether (sulfide) groups is 1. The Morgan fingerprint density at radius 3 is 2.72 bits per heavy atom. The summed E-state index contributed by atoms with van der Waals surface area (Å²) in [5.41, 5.74) is 2.92. The fourth-order valence-electron chi connectivity index (χ4n) is 3.45. The third-order valence-corrected chi connectivity index (χ3v) is 5.79. The van der Waals surface area contributed by atoms with E-state index in [1.54, 1.807) is 0 Å². The molecule has 0 saturated carbocycles. The fraction of sp³-hybridized carbons (Fsp3) is 0.364. The number of benzene rings is 2. The van der Waals surface area contributed by atoms with Gasteiger partial charge in [0.05, 0.1) is 23.4 Å². The van der Waals surface area contributed by atoms with E-state index in [1.165, 1.54) is 11.8 Å². The Bertz CT molecular complexity index is 965. The lowest BCUT2D eigenvalue weighted by molar-refractivity contribution is -0.119. The van der Waals surface area contributed by atoms with Crippen LogP contribution in [0.1, 0.15) is 19.8 Å². The molecule has 29 heavy (non-hydrogen) atoms. The predicted molar refractivity (Wildman–Crippen MR) is 115 cm³/mol. The van der Waals surface area contributed by atoms with Gasteiger partial charge in [-0.15, -0.1) is 0 Å². The second-order valence-electron chi connectivity index (χ2n) is 6.89. The number of imidazole rings is 1. The molecule has 1 saturated heterocycles. The Balaban J connectivity index is 1.54. The van der Waals surface area contributed by atoms with Crippen LogP contribution in [0.3, 0.4) is 0 Å². The van der Waals surface area contributed by atoms with Crippen LogP contribution in [0, 0.1) is 0 Å². The van der Waals surface area contributed by atoms with Crippen molar-refractivity contribution in [2.45, 2.75) is 31.0 Å². The van der Waals surface area contributed by atoms with Gasteiger partial charge in [-0.05, 0) is 56.2 Å². The molecule has 3 aromatic rings. The van der Waals surface area contributed by atoms with Gasteiger partial charge in [0.2, 0.25) is 5.91 Å². The first-order valence-corrected chi connectivity index (χ1v) is 10.9. The molecule has 0 unspecified atom stereocenters. The zero-order valence-corrected chi connectivity index (χ0v) is 17.3. The highest BCUT2D eigenvalue weighted by molar-refractivity contribution is 7.99. The summed E-state index contributed by atoms with van der Waals surface area (Å²) in [4.78, 5) is 17.2. The van der Waals surface area contributed by atoms with Crippen LogP contribution in [-0.2, 0) is 9.53 Å². The second-order valence-corrected chi connectivity index (χ2v) is 7.83. The Labute approximate surface area is 174 Å². The van der Waals surface area contributed by atoms with Crippen LogP contribution in [0.2, 0.25) is 0 Å². The Morgan fingerprint density at radius 2 is 1.97 bits per heavy atom. The first kappa shape index (κ1) is 19.8. The Hall–Kier alpha value is -2.51. The smallest absolute Gasteiger partial charge is 0.230 e. The molecule has 0 atom stereocenters. The van der Waals surface area contributed by atoms with E-state index in [4.69, 9.17) is 14.5 Å². The molecule has 1 aromatic heterocycles. The summed E-state index contributed by atoms with van der Waals surface area (Å²) in [5, 5.41) is 3.91. The van der Waals surface area contributed by atoms with Gasteiger partial charge in [0.25, 0.3) is 0 Å². The van der Waals surface area contributed by atoms with Crippen molar-refractivity contribution in [3.63, 3.8) is 0 Å². The van der Waals surface area contributed by atoms with E-state index in [0.717, 1.165) is 40.5 Å². The molecule has 7 heteroatoms. The number of hydrogen-bond acceptors (Lipinski definition) is 5. The summed E-state index contributed by atoms with van der Waals surface area (Å²) in [6.07, 6.45) is 1.75. The van der Waals surface area contributed by atoms with Crippen LogP contribution < -0.4 is 10.1 Å². The van der Waals surface area contributed by atoms with E-state index in [2.05, 4.69) is 9.88 Å². The summed E-state index contributed by atoms with van der Waals surface area (Å²) in [6.45, 7) is 4.03. The van der Waals surface area contributed by atoms with Crippen LogP contribution in [0.15, 0.2) is 53.7 Å². The van der Waals surface area contributed by atoms with E-state index in [9.17, 15) is 4.79 Å². The monoisotopic (exact) mass is 411 g/mol. The molecule has 2 aromatic carbocycles. The molecule has 6 nitrogen and oxygen atoms in total. The fourth-order valence-corrected chi connectivity index (χ4v) is 4.29. The van der Waals surface area contributed by atoms with Crippen LogP contribution in [0.4, 0.5) is 0 Å². The van der Waals surface area contributed by atoms with E-state index in [0.29, 0.717) is 25.6 Å². The first-order valence-electron chi connectivity index (χ1n) is 9.95. The summed E-state index contributed by atoms with van der Waals surface area (Å²) in [5.74, 6) is 1.20. The van der Waals surface area contributed by atoms with Crippen molar-refractivity contribution in [3.8, 4) is 11.4 Å². The molecule has 152 valence electrons. The van der Waals surface area contributed by atoms with Crippen LogP contribution in [0.5, 0.6) is 5.75 Å². The molecule has 0 radical (unpaired) electrons. The number of carbonyl (C=O) groups excluding carboxylic acids is 1. The maximum atomic E-state index is 12.4. The Morgan fingerprint density at radius 1 is 1.21 bits per heavy atom. The lowest BCUT2D eigenvalue weighted by Gasteiger charge is -2.23. The van der Waals surface area contributed by atoms with Crippen molar-refractivity contribution in [2.24, 2.45) is 0 Å². The van der Waals surface area contributed by atoms with Gasteiger partial charge in [-0.3, -0.25) is 9.36 Å². The summed E-state index contributed by atoms with van der Waals surface area (Å²) < 4.78 is 13.0. The van der Waals surface area contributed by atoms with Gasteiger partial charge in [-0.25, -0.2) is 4.98 Å². The van der Waals surface area contributed by atoms with E-state index in [1.807, 2.05) is 55.5 Å². The first-order chi connectivity index (χ1) is 14.2. The number of nitrogens with one attached hydrogen (secondary N) is 1. The lowest BCUT2D eigenvalue weighted by Crippen LogP contribution is -2.39. The number of rotatable bonds is 7. The van der Waals surface area contributed by atoms with Gasteiger partial charge in [-0.2, -0.15) is 0 Å². The number of hydrogen-bond donors (Lipinski definition) is 1. The zero-order chi connectivity index (χ0) is 20.1. The molecular formula is C22H25N3O3S. The van der Waals surface area contributed by atoms with Crippen molar-refractivity contribution >= 4 is 28.7 Å². The molecule has 1 aliphatic rings. The highest BCUT2D eigenvalue weighted by Crippen LogP contribution is 2.29. The summed E-state index contributed by atoms with van der Waals surface area (Å²) in [6, 6.07) is 16.2. The predicted octanol–water partition coefficient (Wildman–Crippen LogP) is 3.81. The van der Waals surface area contributed by atoms with E-state index < -0.39 is 0 Å². The highest BCUT2D eigenvalue weighted by Gasteiger charge is 2.18. The molecule has 1 aliphatic heterocycles. The molecule has 1 amide bonds. The average Bonchev–Trinajstić information content (AvgIpc) is 3.12. The third-order valence-electron chi connectivity index (χ3n) is 4.85. The SMILES string of the molecule is CCOc1ccc(-n2c(SCC(=O)NC3CCOCC3)nc3ccccc32)cc1. The quantitative estimate of drug-likeness (QED) is 0.599. The molecule has 4 rings (SSSR count). The minimum Gasteiger partial charge on any atom is -0.494 e. The maximum Gasteiger partial charge on any atom is 0.230 e. The topological polar surface area (TPSA) is 65.4 Å². The number of ether oxygens (including phenoxy) is 2. The van der Waals surface area contributed by atoms with Gasteiger partial charge < -0.3 is 14.8 Å². The highest BCUT2D eigenvalue weighted by atomic mass is 32.2. The van der Waals surface area contributed by atoms with Gasteiger partial charge in [0.1, 0.15) is 5.75 Å². The zero-order valence-electron chi connectivity index (χ0n) is 16.5. The van der Waals surface area contributed by atoms with Crippen LogP contribution in [-0.4, -0.2) is 47.1 Å². The van der Waals surface area contributed by atoms with Gasteiger partial charge >= 0.3 is 0 Å². The number of fused-ring (bicyclic) bond motifs is 1. The molecule has 0 bridgehead atoms. The second kappa shape index (κ2) is 9.33. The van der Waals surface area contributed by atoms with Gasteiger partial charge in [0, 0.05) is 24.9 Å². The van der Waals surface area contributed by atoms with E-state index >= 15 is 0 Å². The van der Waals surface area contributed by atoms with Crippen molar-refractivity contribution in [3.05, 3.63) is 48.5 Å². The molecular weight excluding hydrogens is 386 g/mol. The van der Waals surface area contributed by atoms with Crippen molar-refractivity contribution < 1.29 is 14.3 Å². The van der Waals surface area contributed by atoms with Crippen molar-refractivity contribution in [1.29, 1.82) is 0 Å². The number of aromatic nitrogens is 2. The standard InChI is InChI=1S/C22H25N3O3S/c1-2-28-18-9-7-17(8-10-18)25-20-6-4-3-5-19(20)24-22(25)29-15-21(26)23-16-11-13-27-14-12-16/h3-10,16H,2,11-15H2,1H3,(H,23,26). The number of amides is 1. The maximum absolute atomic E-state index is 12.4. The molecule has 1 fully saturated rings. The molecule has 0 aliphatic carbocycles. The Kier molecular flexibility index (Phi) is 6.36. The van der Waals surface area contributed by atoms with Gasteiger partial charge in [0.15, 0.2) is 5.16 Å². The molecule has 2 heterocycles. The molecule has 0 spiro atoms. The van der Waals surface area contributed by atoms with E-state index in [-0.39, 0.29) is 11.9 Å². The van der Waals surface area contributed by atoms with Crippen molar-refractivity contribution in [2.75, 3.05) is 25.6 Å². The van der Waals surface area contributed by atoms with Gasteiger partial charge in [-0.1, -0.05) is 23.9 Å². The number of para-hydroxylation sites is 2. The number of nitrogens with zero attached hydrogens (tertiary/aromatic N) is 2. The third kappa shape index (κ3) is 4.74. The lowest BCUT2D eigenvalue weighted by atomic mass is 10.1. The summed E-state index contributed by atoms with van der Waals surface area (Å²) >= 11 is 1.46.